The fraction of sp³-hybridized carbons (Fsp3) is 0.462. The van der Waals surface area contributed by atoms with Crippen LogP contribution in [0.25, 0.3) is 0 Å². The minimum absolute atomic E-state index is 0.00991. The minimum Gasteiger partial charge on any atom is -0.384 e. The smallest absolute Gasteiger partial charge is 0.122 e. The van der Waals surface area contributed by atoms with Gasteiger partial charge in [-0.2, -0.15) is 0 Å². The molecule has 0 aliphatic carbocycles. The predicted molar refractivity (Wildman–Crippen MR) is 69.7 cm³/mol. The van der Waals surface area contributed by atoms with Crippen LogP contribution in [-0.4, -0.2) is 31.1 Å². The molecule has 4 nitrogen and oxygen atoms in total. The Balaban J connectivity index is 2.24. The highest BCUT2D eigenvalue weighted by Crippen LogP contribution is 2.26. The number of anilines is 1. The van der Waals surface area contributed by atoms with Crippen molar-refractivity contribution >= 4 is 11.5 Å². The van der Waals surface area contributed by atoms with Crippen molar-refractivity contribution in [2.45, 2.75) is 19.4 Å². The normalized spacial score (nSPS) is 19.1. The molecule has 4 heteroatoms. The molecule has 0 spiro atoms. The number of hydrogen-bond donors (Lipinski definition) is 2. The van der Waals surface area contributed by atoms with Crippen LogP contribution in [0.1, 0.15) is 19.4 Å². The monoisotopic (exact) mass is 233 g/mol. The fourth-order valence-corrected chi connectivity index (χ4v) is 2.16. The van der Waals surface area contributed by atoms with Gasteiger partial charge in [0.1, 0.15) is 5.84 Å². The summed E-state index contributed by atoms with van der Waals surface area (Å²) in [7, 11) is 0. The maximum Gasteiger partial charge on any atom is 0.122 e. The van der Waals surface area contributed by atoms with Gasteiger partial charge in [-0.25, -0.2) is 0 Å². The van der Waals surface area contributed by atoms with Crippen molar-refractivity contribution in [2.24, 2.45) is 5.73 Å². The van der Waals surface area contributed by atoms with Crippen molar-refractivity contribution in [3.8, 4) is 0 Å². The van der Waals surface area contributed by atoms with Gasteiger partial charge < -0.3 is 15.4 Å². The molecule has 0 atom stereocenters. The molecule has 1 aromatic rings. The van der Waals surface area contributed by atoms with Crippen LogP contribution in [0.15, 0.2) is 24.3 Å². The summed E-state index contributed by atoms with van der Waals surface area (Å²) in [5, 5.41) is 7.37. The maximum atomic E-state index is 7.37. The quantitative estimate of drug-likeness (QED) is 0.602. The van der Waals surface area contributed by atoms with E-state index in [1.807, 2.05) is 24.3 Å². The van der Waals surface area contributed by atoms with Gasteiger partial charge in [-0.1, -0.05) is 0 Å². The fourth-order valence-electron chi connectivity index (χ4n) is 2.16. The third-order valence-electron chi connectivity index (χ3n) is 3.14. The Kier molecular flexibility index (Phi) is 3.07. The summed E-state index contributed by atoms with van der Waals surface area (Å²) in [6.07, 6.45) is 0. The van der Waals surface area contributed by atoms with Crippen LogP contribution in [-0.2, 0) is 4.74 Å². The first-order valence-corrected chi connectivity index (χ1v) is 5.80. The van der Waals surface area contributed by atoms with Gasteiger partial charge >= 0.3 is 0 Å². The second-order valence-electron chi connectivity index (χ2n) is 4.98. The topological polar surface area (TPSA) is 62.3 Å². The maximum absolute atomic E-state index is 7.37. The Bertz CT molecular complexity index is 411. The van der Waals surface area contributed by atoms with Crippen molar-refractivity contribution in [1.82, 2.24) is 0 Å². The van der Waals surface area contributed by atoms with Gasteiger partial charge in [0.2, 0.25) is 0 Å². The Labute approximate surface area is 102 Å². The second-order valence-corrected chi connectivity index (χ2v) is 4.98. The van der Waals surface area contributed by atoms with Crippen LogP contribution < -0.4 is 10.6 Å². The number of amidine groups is 1. The van der Waals surface area contributed by atoms with E-state index < -0.39 is 0 Å². The lowest BCUT2D eigenvalue weighted by Crippen LogP contribution is -2.53. The van der Waals surface area contributed by atoms with Crippen molar-refractivity contribution < 1.29 is 4.74 Å². The van der Waals surface area contributed by atoms with Crippen molar-refractivity contribution in [2.75, 3.05) is 24.7 Å². The van der Waals surface area contributed by atoms with E-state index in [4.69, 9.17) is 15.9 Å². The van der Waals surface area contributed by atoms with Gasteiger partial charge in [-0.3, -0.25) is 5.41 Å². The number of ether oxygens (including phenoxy) is 1. The summed E-state index contributed by atoms with van der Waals surface area (Å²) >= 11 is 0. The predicted octanol–water partition coefficient (Wildman–Crippen LogP) is 1.59. The molecular formula is C13H19N3O. The first-order chi connectivity index (χ1) is 8.00. The van der Waals surface area contributed by atoms with Gasteiger partial charge in [0.25, 0.3) is 0 Å². The molecule has 92 valence electrons. The van der Waals surface area contributed by atoms with Crippen LogP contribution in [0.3, 0.4) is 0 Å². The second kappa shape index (κ2) is 4.37. The van der Waals surface area contributed by atoms with Gasteiger partial charge in [-0.05, 0) is 38.1 Å². The minimum atomic E-state index is 0.00991. The van der Waals surface area contributed by atoms with E-state index in [9.17, 15) is 0 Å². The Morgan fingerprint density at radius 1 is 1.35 bits per heavy atom. The average Bonchev–Trinajstić information content (AvgIpc) is 2.28. The molecule has 17 heavy (non-hydrogen) atoms. The standard InChI is InChI=1S/C13H19N3O/c1-13(2)9-17-8-7-16(13)11-5-3-10(4-6-11)12(14)15/h3-6H,7-9H2,1-2H3,(H3,14,15). The zero-order chi connectivity index (χ0) is 12.5. The Morgan fingerprint density at radius 3 is 2.53 bits per heavy atom. The van der Waals surface area contributed by atoms with Crippen LogP contribution in [0, 0.1) is 5.41 Å². The van der Waals surface area contributed by atoms with E-state index in [1.54, 1.807) is 0 Å². The molecule has 0 aromatic heterocycles. The highest BCUT2D eigenvalue weighted by molar-refractivity contribution is 5.95. The molecule has 2 rings (SSSR count). The summed E-state index contributed by atoms with van der Waals surface area (Å²) in [5.41, 5.74) is 7.37. The van der Waals surface area contributed by atoms with Crippen molar-refractivity contribution in [3.63, 3.8) is 0 Å². The summed E-state index contributed by atoms with van der Waals surface area (Å²) in [6, 6.07) is 7.82. The number of nitrogens with one attached hydrogen (secondary N) is 1. The molecular weight excluding hydrogens is 214 g/mol. The summed E-state index contributed by atoms with van der Waals surface area (Å²) in [6.45, 7) is 6.74. The average molecular weight is 233 g/mol. The van der Waals surface area contributed by atoms with Crippen LogP contribution in [0.5, 0.6) is 0 Å². The molecule has 1 heterocycles. The first kappa shape index (κ1) is 11.9. The molecule has 1 saturated heterocycles. The summed E-state index contributed by atoms with van der Waals surface area (Å²) in [5.74, 6) is 0.109. The lowest BCUT2D eigenvalue weighted by atomic mass is 10.0. The van der Waals surface area contributed by atoms with E-state index in [0.29, 0.717) is 0 Å². The molecule has 1 aliphatic heterocycles. The number of nitrogens with zero attached hydrogens (tertiary/aromatic N) is 1. The van der Waals surface area contributed by atoms with Crippen LogP contribution in [0.2, 0.25) is 0 Å². The number of rotatable bonds is 2. The van der Waals surface area contributed by atoms with Gasteiger partial charge in [0.15, 0.2) is 0 Å². The lowest BCUT2D eigenvalue weighted by Gasteiger charge is -2.43. The number of morpholine rings is 1. The molecule has 0 bridgehead atoms. The van der Waals surface area contributed by atoms with Gasteiger partial charge in [-0.15, -0.1) is 0 Å². The largest absolute Gasteiger partial charge is 0.384 e. The molecule has 0 unspecified atom stereocenters. The Morgan fingerprint density at radius 2 is 2.00 bits per heavy atom. The zero-order valence-electron chi connectivity index (χ0n) is 10.4. The first-order valence-electron chi connectivity index (χ1n) is 5.80. The third-order valence-corrected chi connectivity index (χ3v) is 3.14. The molecule has 0 radical (unpaired) electrons. The number of hydrogen-bond acceptors (Lipinski definition) is 3. The third kappa shape index (κ3) is 2.42. The van der Waals surface area contributed by atoms with Gasteiger partial charge in [0.05, 0.1) is 18.8 Å². The van der Waals surface area contributed by atoms with Crippen molar-refractivity contribution in [3.05, 3.63) is 29.8 Å². The molecule has 1 fully saturated rings. The van der Waals surface area contributed by atoms with E-state index in [0.717, 1.165) is 31.0 Å². The van der Waals surface area contributed by atoms with E-state index in [2.05, 4.69) is 18.7 Å². The highest BCUT2D eigenvalue weighted by Gasteiger charge is 2.30. The Hall–Kier alpha value is -1.55. The zero-order valence-corrected chi connectivity index (χ0v) is 10.4. The number of nitrogen functional groups attached to an aromatic ring is 1. The van der Waals surface area contributed by atoms with E-state index >= 15 is 0 Å². The van der Waals surface area contributed by atoms with Crippen molar-refractivity contribution in [1.29, 1.82) is 5.41 Å². The van der Waals surface area contributed by atoms with Gasteiger partial charge in [0, 0.05) is 17.8 Å². The molecule has 1 aliphatic rings. The number of benzene rings is 1. The molecule has 0 saturated carbocycles. The summed E-state index contributed by atoms with van der Waals surface area (Å²) in [4.78, 5) is 2.33. The lowest BCUT2D eigenvalue weighted by molar-refractivity contribution is 0.0644. The van der Waals surface area contributed by atoms with E-state index in [-0.39, 0.29) is 11.4 Å². The van der Waals surface area contributed by atoms with E-state index in [1.165, 1.54) is 0 Å². The SMILES string of the molecule is CC1(C)COCCN1c1ccc(C(=N)N)cc1. The van der Waals surface area contributed by atoms with Crippen LogP contribution >= 0.6 is 0 Å². The van der Waals surface area contributed by atoms with Crippen LogP contribution in [0.4, 0.5) is 5.69 Å². The molecule has 3 N–H and O–H groups in total. The molecule has 0 amide bonds. The molecule has 1 aromatic carbocycles. The summed E-state index contributed by atoms with van der Waals surface area (Å²) < 4.78 is 5.50. The highest BCUT2D eigenvalue weighted by atomic mass is 16.5. The number of nitrogens with two attached hydrogens (primary N) is 1.